The van der Waals surface area contributed by atoms with Crippen LogP contribution in [0.1, 0.15) is 33.6 Å². The molecule has 3 amide bonds. The fourth-order valence-electron chi connectivity index (χ4n) is 2.51. The second-order valence-corrected chi connectivity index (χ2v) is 7.01. The number of nitrogens with one attached hydrogen (secondary N) is 4. The molecule has 2 aromatic rings. The summed E-state index contributed by atoms with van der Waals surface area (Å²) >= 11 is 0. The standard InChI is InChI=1S/C22H28N4O3/c1-4-7-20(27)24-17-9-5-8-16(12-17)23-14-21(28)25-18-10-6-11-19(13-18)26-22(29)15(2)3/h5-6,8-13,15,23H,4,7,14H2,1-3H3,(H,24,27)(H,25,28)(H,26,29). The first-order valence-corrected chi connectivity index (χ1v) is 9.72. The first-order chi connectivity index (χ1) is 13.9. The van der Waals surface area contributed by atoms with Crippen LogP contribution in [0.2, 0.25) is 0 Å². The van der Waals surface area contributed by atoms with E-state index in [1.807, 2.05) is 32.9 Å². The van der Waals surface area contributed by atoms with E-state index in [-0.39, 0.29) is 30.2 Å². The Morgan fingerprint density at radius 3 is 1.90 bits per heavy atom. The summed E-state index contributed by atoms with van der Waals surface area (Å²) in [6, 6.07) is 14.2. The minimum atomic E-state index is -0.224. The second kappa shape index (κ2) is 10.8. The molecular formula is C22H28N4O3. The Labute approximate surface area is 171 Å². The molecule has 0 aliphatic rings. The van der Waals surface area contributed by atoms with E-state index in [0.717, 1.165) is 12.1 Å². The zero-order valence-electron chi connectivity index (χ0n) is 17.0. The van der Waals surface area contributed by atoms with Crippen molar-refractivity contribution in [1.29, 1.82) is 0 Å². The monoisotopic (exact) mass is 396 g/mol. The number of benzene rings is 2. The van der Waals surface area contributed by atoms with Crippen LogP contribution in [0.3, 0.4) is 0 Å². The molecule has 0 saturated heterocycles. The van der Waals surface area contributed by atoms with Crippen LogP contribution in [-0.4, -0.2) is 24.3 Å². The van der Waals surface area contributed by atoms with Gasteiger partial charge in [0, 0.05) is 35.1 Å². The smallest absolute Gasteiger partial charge is 0.243 e. The summed E-state index contributed by atoms with van der Waals surface area (Å²) in [5.74, 6) is -0.467. The Morgan fingerprint density at radius 2 is 1.31 bits per heavy atom. The molecule has 0 heterocycles. The van der Waals surface area contributed by atoms with Crippen LogP contribution >= 0.6 is 0 Å². The summed E-state index contributed by atoms with van der Waals surface area (Å²) in [7, 11) is 0. The number of carbonyl (C=O) groups is 3. The molecule has 154 valence electrons. The Hall–Kier alpha value is -3.35. The van der Waals surface area contributed by atoms with Gasteiger partial charge in [-0.15, -0.1) is 0 Å². The van der Waals surface area contributed by atoms with Gasteiger partial charge in [-0.1, -0.05) is 32.9 Å². The van der Waals surface area contributed by atoms with E-state index in [9.17, 15) is 14.4 Å². The maximum atomic E-state index is 12.2. The Bertz CT molecular complexity index is 865. The predicted molar refractivity (Wildman–Crippen MR) is 117 cm³/mol. The van der Waals surface area contributed by atoms with Gasteiger partial charge in [0.15, 0.2) is 0 Å². The van der Waals surface area contributed by atoms with Crippen LogP contribution in [-0.2, 0) is 14.4 Å². The van der Waals surface area contributed by atoms with Gasteiger partial charge >= 0.3 is 0 Å². The van der Waals surface area contributed by atoms with Crippen LogP contribution in [0.15, 0.2) is 48.5 Å². The average Bonchev–Trinajstić information content (AvgIpc) is 2.67. The third kappa shape index (κ3) is 7.65. The summed E-state index contributed by atoms with van der Waals surface area (Å²) < 4.78 is 0. The van der Waals surface area contributed by atoms with Crippen molar-refractivity contribution in [2.24, 2.45) is 5.92 Å². The SMILES string of the molecule is CCCC(=O)Nc1cccc(NCC(=O)Nc2cccc(NC(=O)C(C)C)c2)c1. The summed E-state index contributed by atoms with van der Waals surface area (Å²) in [6.07, 6.45) is 1.25. The third-order valence-corrected chi connectivity index (χ3v) is 4.01. The molecule has 0 atom stereocenters. The second-order valence-electron chi connectivity index (χ2n) is 7.01. The molecule has 0 saturated carbocycles. The van der Waals surface area contributed by atoms with Crippen molar-refractivity contribution in [3.05, 3.63) is 48.5 Å². The van der Waals surface area contributed by atoms with E-state index in [1.165, 1.54) is 0 Å². The fraction of sp³-hybridized carbons (Fsp3) is 0.318. The highest BCUT2D eigenvalue weighted by Gasteiger charge is 2.08. The summed E-state index contributed by atoms with van der Waals surface area (Å²) in [5, 5.41) is 11.5. The molecular weight excluding hydrogens is 368 g/mol. The van der Waals surface area contributed by atoms with E-state index in [4.69, 9.17) is 0 Å². The largest absolute Gasteiger partial charge is 0.376 e. The quantitative estimate of drug-likeness (QED) is 0.513. The van der Waals surface area contributed by atoms with Crippen molar-refractivity contribution >= 4 is 40.5 Å². The first kappa shape index (κ1) is 21.9. The van der Waals surface area contributed by atoms with Crippen LogP contribution in [0.5, 0.6) is 0 Å². The van der Waals surface area contributed by atoms with Crippen LogP contribution in [0.25, 0.3) is 0 Å². The zero-order chi connectivity index (χ0) is 21.2. The number of rotatable bonds is 9. The lowest BCUT2D eigenvalue weighted by Gasteiger charge is -2.12. The number of amides is 3. The highest BCUT2D eigenvalue weighted by Crippen LogP contribution is 2.17. The van der Waals surface area contributed by atoms with Crippen LogP contribution < -0.4 is 21.3 Å². The molecule has 0 fully saturated rings. The highest BCUT2D eigenvalue weighted by atomic mass is 16.2. The van der Waals surface area contributed by atoms with Crippen molar-refractivity contribution in [3.63, 3.8) is 0 Å². The van der Waals surface area contributed by atoms with Crippen molar-refractivity contribution in [2.45, 2.75) is 33.6 Å². The first-order valence-electron chi connectivity index (χ1n) is 9.72. The predicted octanol–water partition coefficient (Wildman–Crippen LogP) is 4.07. The summed E-state index contributed by atoms with van der Waals surface area (Å²) in [5.41, 5.74) is 2.64. The number of hydrogen-bond donors (Lipinski definition) is 4. The van der Waals surface area contributed by atoms with Crippen LogP contribution in [0.4, 0.5) is 22.7 Å². The van der Waals surface area contributed by atoms with Crippen molar-refractivity contribution in [3.8, 4) is 0 Å². The van der Waals surface area contributed by atoms with Gasteiger partial charge in [0.1, 0.15) is 0 Å². The molecule has 7 heteroatoms. The Balaban J connectivity index is 1.89. The van der Waals surface area contributed by atoms with Gasteiger partial charge < -0.3 is 21.3 Å². The van der Waals surface area contributed by atoms with E-state index >= 15 is 0 Å². The van der Waals surface area contributed by atoms with Crippen molar-refractivity contribution in [1.82, 2.24) is 0 Å². The fourth-order valence-corrected chi connectivity index (χ4v) is 2.51. The maximum Gasteiger partial charge on any atom is 0.243 e. The number of hydrogen-bond acceptors (Lipinski definition) is 4. The molecule has 29 heavy (non-hydrogen) atoms. The van der Waals surface area contributed by atoms with Crippen LogP contribution in [0, 0.1) is 5.92 Å². The average molecular weight is 396 g/mol. The zero-order valence-corrected chi connectivity index (χ0v) is 17.0. The highest BCUT2D eigenvalue weighted by molar-refractivity contribution is 5.96. The van der Waals surface area contributed by atoms with Gasteiger partial charge in [0.2, 0.25) is 17.7 Å². The van der Waals surface area contributed by atoms with Crippen molar-refractivity contribution < 1.29 is 14.4 Å². The lowest BCUT2D eigenvalue weighted by atomic mass is 10.2. The molecule has 0 aliphatic carbocycles. The molecule has 0 aliphatic heterocycles. The van der Waals surface area contributed by atoms with Gasteiger partial charge in [-0.3, -0.25) is 14.4 Å². The third-order valence-electron chi connectivity index (χ3n) is 4.01. The van der Waals surface area contributed by atoms with Gasteiger partial charge in [-0.2, -0.15) is 0 Å². The van der Waals surface area contributed by atoms with Gasteiger partial charge in [0.05, 0.1) is 6.54 Å². The van der Waals surface area contributed by atoms with Crippen molar-refractivity contribution in [2.75, 3.05) is 27.8 Å². The lowest BCUT2D eigenvalue weighted by Crippen LogP contribution is -2.22. The summed E-state index contributed by atoms with van der Waals surface area (Å²) in [4.78, 5) is 35.7. The molecule has 4 N–H and O–H groups in total. The summed E-state index contributed by atoms with van der Waals surface area (Å²) in [6.45, 7) is 5.65. The molecule has 2 aromatic carbocycles. The minimum absolute atomic E-state index is 0.0353. The molecule has 0 unspecified atom stereocenters. The van der Waals surface area contributed by atoms with Gasteiger partial charge in [0.25, 0.3) is 0 Å². The van der Waals surface area contributed by atoms with Gasteiger partial charge in [-0.05, 0) is 42.8 Å². The molecule has 0 spiro atoms. The normalized spacial score (nSPS) is 10.3. The Kier molecular flexibility index (Phi) is 8.21. The van der Waals surface area contributed by atoms with E-state index in [1.54, 1.807) is 36.4 Å². The maximum absolute atomic E-state index is 12.2. The minimum Gasteiger partial charge on any atom is -0.376 e. The topological polar surface area (TPSA) is 99.3 Å². The lowest BCUT2D eigenvalue weighted by molar-refractivity contribution is -0.119. The molecule has 0 bridgehead atoms. The van der Waals surface area contributed by atoms with E-state index < -0.39 is 0 Å². The van der Waals surface area contributed by atoms with E-state index in [2.05, 4.69) is 21.3 Å². The number of anilines is 4. The molecule has 0 aromatic heterocycles. The molecule has 0 radical (unpaired) electrons. The molecule has 7 nitrogen and oxygen atoms in total. The molecule has 2 rings (SSSR count). The van der Waals surface area contributed by atoms with E-state index in [0.29, 0.717) is 23.5 Å². The van der Waals surface area contributed by atoms with Gasteiger partial charge in [-0.25, -0.2) is 0 Å². The Morgan fingerprint density at radius 1 is 0.793 bits per heavy atom. The number of carbonyl (C=O) groups excluding carboxylic acids is 3.